The molecule has 0 amide bonds. The second kappa shape index (κ2) is 6.53. The van der Waals surface area contributed by atoms with Gasteiger partial charge in [0, 0.05) is 13.0 Å². The van der Waals surface area contributed by atoms with E-state index in [1.165, 1.54) is 0 Å². The maximum atomic E-state index is 5.75. The second-order valence-corrected chi connectivity index (χ2v) is 5.22. The second-order valence-electron chi connectivity index (χ2n) is 5.22. The normalized spacial score (nSPS) is 20.8. The number of rotatable bonds is 5. The van der Waals surface area contributed by atoms with E-state index < -0.39 is 0 Å². The van der Waals surface area contributed by atoms with Crippen LogP contribution in [0.25, 0.3) is 11.0 Å². The zero-order valence-corrected chi connectivity index (χ0v) is 12.3. The van der Waals surface area contributed by atoms with Crippen LogP contribution in [0.4, 0.5) is 0 Å². The molecule has 3 N–H and O–H groups in total. The maximum absolute atomic E-state index is 5.75. The van der Waals surface area contributed by atoms with E-state index in [1.54, 1.807) is 0 Å². The standard InChI is InChI=1S/C15H22N4O2/c1-2-19-13-6-4-3-5-11(13)17-15(19)9-12(18-16)14-10-20-7-8-21-14/h3-6,12,14,18H,2,7-10,16H2,1H3. The molecule has 2 heterocycles. The zero-order valence-electron chi connectivity index (χ0n) is 12.3. The summed E-state index contributed by atoms with van der Waals surface area (Å²) < 4.78 is 13.4. The number of aromatic nitrogens is 2. The molecule has 6 nitrogen and oxygen atoms in total. The van der Waals surface area contributed by atoms with Gasteiger partial charge in [-0.1, -0.05) is 12.1 Å². The topological polar surface area (TPSA) is 74.3 Å². The summed E-state index contributed by atoms with van der Waals surface area (Å²) in [5.74, 6) is 6.74. The molecule has 21 heavy (non-hydrogen) atoms. The molecule has 0 aliphatic carbocycles. The van der Waals surface area contributed by atoms with Gasteiger partial charge in [0.25, 0.3) is 0 Å². The molecule has 3 rings (SSSR count). The number of ether oxygens (including phenoxy) is 2. The van der Waals surface area contributed by atoms with E-state index in [2.05, 4.69) is 23.0 Å². The van der Waals surface area contributed by atoms with E-state index in [0.717, 1.165) is 23.4 Å². The van der Waals surface area contributed by atoms with Gasteiger partial charge in [0.05, 0.1) is 43.0 Å². The Hall–Kier alpha value is -1.47. The van der Waals surface area contributed by atoms with Crippen LogP contribution in [-0.4, -0.2) is 41.5 Å². The Morgan fingerprint density at radius 1 is 1.43 bits per heavy atom. The van der Waals surface area contributed by atoms with Gasteiger partial charge in [-0.15, -0.1) is 0 Å². The van der Waals surface area contributed by atoms with E-state index in [1.807, 2.05) is 18.2 Å². The molecule has 6 heteroatoms. The molecule has 2 atom stereocenters. The first-order chi connectivity index (χ1) is 10.3. The Bertz CT molecular complexity index is 592. The van der Waals surface area contributed by atoms with Crippen molar-refractivity contribution >= 4 is 11.0 Å². The number of nitrogens with zero attached hydrogens (tertiary/aromatic N) is 2. The molecule has 0 spiro atoms. The van der Waals surface area contributed by atoms with E-state index in [4.69, 9.17) is 20.3 Å². The van der Waals surface area contributed by atoms with Gasteiger partial charge in [-0.3, -0.25) is 11.3 Å². The Balaban J connectivity index is 1.85. The summed E-state index contributed by atoms with van der Waals surface area (Å²) in [7, 11) is 0. The third-order valence-corrected chi connectivity index (χ3v) is 3.96. The number of hydrogen-bond donors (Lipinski definition) is 2. The molecule has 0 saturated carbocycles. The highest BCUT2D eigenvalue weighted by Gasteiger charge is 2.26. The molecule has 1 aliphatic heterocycles. The van der Waals surface area contributed by atoms with Crippen molar-refractivity contribution in [1.82, 2.24) is 15.0 Å². The summed E-state index contributed by atoms with van der Waals surface area (Å²) in [6, 6.07) is 8.18. The van der Waals surface area contributed by atoms with Crippen LogP contribution in [0.2, 0.25) is 0 Å². The zero-order chi connectivity index (χ0) is 14.7. The third kappa shape index (κ3) is 2.94. The molecule has 0 bridgehead atoms. The molecule has 1 aliphatic rings. The molecule has 114 valence electrons. The van der Waals surface area contributed by atoms with Gasteiger partial charge in [0.1, 0.15) is 5.82 Å². The minimum Gasteiger partial charge on any atom is -0.376 e. The third-order valence-electron chi connectivity index (χ3n) is 3.96. The van der Waals surface area contributed by atoms with Crippen molar-refractivity contribution in [3.8, 4) is 0 Å². The molecule has 2 aromatic rings. The lowest BCUT2D eigenvalue weighted by Crippen LogP contribution is -2.50. The van der Waals surface area contributed by atoms with Crippen molar-refractivity contribution in [2.24, 2.45) is 5.84 Å². The van der Waals surface area contributed by atoms with Gasteiger partial charge in [0.15, 0.2) is 0 Å². The molecular weight excluding hydrogens is 268 g/mol. The molecule has 1 saturated heterocycles. The van der Waals surface area contributed by atoms with Gasteiger partial charge >= 0.3 is 0 Å². The minimum absolute atomic E-state index is 0.00703. The number of benzene rings is 1. The monoisotopic (exact) mass is 290 g/mol. The van der Waals surface area contributed by atoms with E-state index in [-0.39, 0.29) is 12.1 Å². The SMILES string of the molecule is CCn1c(CC(NN)C2COCCO2)nc2ccccc21. The van der Waals surface area contributed by atoms with Crippen molar-refractivity contribution in [2.75, 3.05) is 19.8 Å². The molecule has 0 radical (unpaired) electrons. The molecule has 1 aromatic heterocycles. The number of fused-ring (bicyclic) bond motifs is 1. The van der Waals surface area contributed by atoms with Crippen LogP contribution in [0.15, 0.2) is 24.3 Å². The van der Waals surface area contributed by atoms with Gasteiger partial charge in [-0.05, 0) is 19.1 Å². The first-order valence-electron chi connectivity index (χ1n) is 7.43. The molecule has 1 aromatic carbocycles. The van der Waals surface area contributed by atoms with Crippen molar-refractivity contribution in [2.45, 2.75) is 32.0 Å². The highest BCUT2D eigenvalue weighted by Crippen LogP contribution is 2.18. The Labute approximate surface area is 124 Å². The van der Waals surface area contributed by atoms with E-state index >= 15 is 0 Å². The lowest BCUT2D eigenvalue weighted by atomic mass is 10.1. The fourth-order valence-electron chi connectivity index (χ4n) is 2.87. The molecule has 2 unspecified atom stereocenters. The van der Waals surface area contributed by atoms with Crippen LogP contribution in [0.3, 0.4) is 0 Å². The number of hydrogen-bond acceptors (Lipinski definition) is 5. The summed E-state index contributed by atoms with van der Waals surface area (Å²) in [5.41, 5.74) is 5.04. The van der Waals surface area contributed by atoms with E-state index in [9.17, 15) is 0 Å². The van der Waals surface area contributed by atoms with Crippen molar-refractivity contribution in [3.63, 3.8) is 0 Å². The fraction of sp³-hybridized carbons (Fsp3) is 0.533. The number of hydrazine groups is 1. The average Bonchev–Trinajstić information content (AvgIpc) is 2.90. The van der Waals surface area contributed by atoms with Crippen LogP contribution >= 0.6 is 0 Å². The predicted octanol–water partition coefficient (Wildman–Crippen LogP) is 0.846. The first-order valence-corrected chi connectivity index (χ1v) is 7.43. The Morgan fingerprint density at radius 3 is 3.00 bits per heavy atom. The molecule has 1 fully saturated rings. The fourth-order valence-corrected chi connectivity index (χ4v) is 2.87. The number of para-hydroxylation sites is 2. The summed E-state index contributed by atoms with van der Waals surface area (Å²) in [4.78, 5) is 4.74. The first kappa shape index (κ1) is 14.5. The highest BCUT2D eigenvalue weighted by molar-refractivity contribution is 5.75. The average molecular weight is 290 g/mol. The van der Waals surface area contributed by atoms with Crippen LogP contribution in [-0.2, 0) is 22.4 Å². The van der Waals surface area contributed by atoms with Crippen LogP contribution in [0.1, 0.15) is 12.7 Å². The number of aryl methyl sites for hydroxylation is 1. The lowest BCUT2D eigenvalue weighted by molar-refractivity contribution is -0.101. The van der Waals surface area contributed by atoms with Crippen LogP contribution in [0, 0.1) is 0 Å². The number of imidazole rings is 1. The highest BCUT2D eigenvalue weighted by atomic mass is 16.6. The van der Waals surface area contributed by atoms with Crippen LogP contribution in [0.5, 0.6) is 0 Å². The summed E-state index contributed by atoms with van der Waals surface area (Å²) >= 11 is 0. The quantitative estimate of drug-likeness (QED) is 0.631. The molecular formula is C15H22N4O2. The van der Waals surface area contributed by atoms with Gasteiger partial charge in [-0.2, -0.15) is 0 Å². The Morgan fingerprint density at radius 2 is 2.29 bits per heavy atom. The lowest BCUT2D eigenvalue weighted by Gasteiger charge is -2.29. The minimum atomic E-state index is -0.0335. The maximum Gasteiger partial charge on any atom is 0.111 e. The van der Waals surface area contributed by atoms with Crippen molar-refractivity contribution in [3.05, 3.63) is 30.1 Å². The van der Waals surface area contributed by atoms with Gasteiger partial charge in [-0.25, -0.2) is 4.98 Å². The summed E-state index contributed by atoms with van der Waals surface area (Å²) in [5, 5.41) is 0. The predicted molar refractivity (Wildman–Crippen MR) is 80.8 cm³/mol. The van der Waals surface area contributed by atoms with E-state index in [0.29, 0.717) is 26.2 Å². The largest absolute Gasteiger partial charge is 0.376 e. The number of nitrogens with one attached hydrogen (secondary N) is 1. The smallest absolute Gasteiger partial charge is 0.111 e. The van der Waals surface area contributed by atoms with Crippen molar-refractivity contribution < 1.29 is 9.47 Å². The Kier molecular flexibility index (Phi) is 4.50. The van der Waals surface area contributed by atoms with Gasteiger partial charge in [0.2, 0.25) is 0 Å². The van der Waals surface area contributed by atoms with Gasteiger partial charge < -0.3 is 14.0 Å². The summed E-state index contributed by atoms with van der Waals surface area (Å²) in [6.07, 6.45) is 0.682. The summed E-state index contributed by atoms with van der Waals surface area (Å²) in [6.45, 7) is 4.85. The van der Waals surface area contributed by atoms with Crippen molar-refractivity contribution in [1.29, 1.82) is 0 Å². The number of nitrogens with two attached hydrogens (primary N) is 1. The van der Waals surface area contributed by atoms with Crippen LogP contribution < -0.4 is 11.3 Å².